The van der Waals surface area contributed by atoms with Crippen LogP contribution < -0.4 is 5.32 Å². The minimum Gasteiger partial charge on any atom is -0.325 e. The van der Waals surface area contributed by atoms with E-state index < -0.39 is 16.9 Å². The van der Waals surface area contributed by atoms with Crippen LogP contribution in [0, 0.1) is 11.6 Å². The van der Waals surface area contributed by atoms with E-state index in [2.05, 4.69) is 5.32 Å². The fourth-order valence-corrected chi connectivity index (χ4v) is 2.78. The lowest BCUT2D eigenvalue weighted by Crippen LogP contribution is -2.22. The SMILES string of the molecule is CC(=O)c1cccc(NC(=O)[C@H](C)Sc2cc(F)ccc2F)c1. The molecule has 0 aliphatic rings. The number of carbonyl (C=O) groups excluding carboxylic acids is 2. The van der Waals surface area contributed by atoms with Crippen molar-refractivity contribution in [3.05, 3.63) is 59.7 Å². The molecule has 0 aliphatic heterocycles. The Labute approximate surface area is 137 Å². The van der Waals surface area contributed by atoms with Gasteiger partial charge in [0.1, 0.15) is 11.6 Å². The molecule has 23 heavy (non-hydrogen) atoms. The summed E-state index contributed by atoms with van der Waals surface area (Å²) in [5, 5.41) is 2.03. The molecule has 3 nitrogen and oxygen atoms in total. The van der Waals surface area contributed by atoms with E-state index in [1.165, 1.54) is 6.92 Å². The Balaban J connectivity index is 2.07. The summed E-state index contributed by atoms with van der Waals surface area (Å²) in [6, 6.07) is 9.65. The lowest BCUT2D eigenvalue weighted by Gasteiger charge is -2.13. The molecular weight excluding hydrogens is 320 g/mol. The molecule has 0 saturated carbocycles. The number of hydrogen-bond acceptors (Lipinski definition) is 3. The fraction of sp³-hybridized carbons (Fsp3) is 0.176. The van der Waals surface area contributed by atoms with Gasteiger partial charge in [0.25, 0.3) is 0 Å². The van der Waals surface area contributed by atoms with Crippen molar-refractivity contribution in [3.8, 4) is 0 Å². The van der Waals surface area contributed by atoms with Gasteiger partial charge in [-0.15, -0.1) is 11.8 Å². The number of ketones is 1. The van der Waals surface area contributed by atoms with Gasteiger partial charge in [-0.2, -0.15) is 0 Å². The number of carbonyl (C=O) groups is 2. The van der Waals surface area contributed by atoms with Gasteiger partial charge in [0.15, 0.2) is 5.78 Å². The molecule has 120 valence electrons. The van der Waals surface area contributed by atoms with E-state index in [0.717, 1.165) is 30.0 Å². The Morgan fingerprint density at radius 3 is 2.57 bits per heavy atom. The highest BCUT2D eigenvalue weighted by Crippen LogP contribution is 2.27. The van der Waals surface area contributed by atoms with Gasteiger partial charge in [-0.1, -0.05) is 12.1 Å². The summed E-state index contributed by atoms with van der Waals surface area (Å²) in [5.74, 6) is -1.60. The number of halogens is 2. The molecule has 0 spiro atoms. The Hall–Kier alpha value is -2.21. The van der Waals surface area contributed by atoms with Crippen molar-refractivity contribution in [2.45, 2.75) is 24.0 Å². The van der Waals surface area contributed by atoms with Crippen LogP contribution in [0.25, 0.3) is 0 Å². The molecule has 0 unspecified atom stereocenters. The van der Waals surface area contributed by atoms with Crippen LogP contribution in [0.1, 0.15) is 24.2 Å². The van der Waals surface area contributed by atoms with E-state index in [-0.39, 0.29) is 16.6 Å². The van der Waals surface area contributed by atoms with Crippen LogP contribution in [0.5, 0.6) is 0 Å². The number of thioether (sulfide) groups is 1. The molecule has 0 heterocycles. The topological polar surface area (TPSA) is 46.2 Å². The zero-order valence-corrected chi connectivity index (χ0v) is 13.4. The second-order valence-corrected chi connectivity index (χ2v) is 6.34. The minimum atomic E-state index is -0.632. The first-order valence-corrected chi connectivity index (χ1v) is 7.78. The summed E-state index contributed by atoms with van der Waals surface area (Å²) < 4.78 is 26.8. The Morgan fingerprint density at radius 1 is 1.13 bits per heavy atom. The molecule has 0 bridgehead atoms. The molecular formula is C17H15F2NO2S. The smallest absolute Gasteiger partial charge is 0.237 e. The van der Waals surface area contributed by atoms with Crippen LogP contribution in [0.2, 0.25) is 0 Å². The van der Waals surface area contributed by atoms with Gasteiger partial charge < -0.3 is 5.32 Å². The molecule has 0 fully saturated rings. The van der Waals surface area contributed by atoms with Gasteiger partial charge in [-0.05, 0) is 44.2 Å². The quantitative estimate of drug-likeness (QED) is 0.655. The highest BCUT2D eigenvalue weighted by atomic mass is 32.2. The average molecular weight is 335 g/mol. The monoisotopic (exact) mass is 335 g/mol. The maximum Gasteiger partial charge on any atom is 0.237 e. The third-order valence-electron chi connectivity index (χ3n) is 3.10. The van der Waals surface area contributed by atoms with Gasteiger partial charge >= 0.3 is 0 Å². The van der Waals surface area contributed by atoms with E-state index in [1.807, 2.05) is 0 Å². The van der Waals surface area contributed by atoms with E-state index in [0.29, 0.717) is 11.3 Å². The maximum absolute atomic E-state index is 13.6. The average Bonchev–Trinajstić information content (AvgIpc) is 2.51. The number of benzene rings is 2. The Kier molecular flexibility index (Phi) is 5.50. The first-order chi connectivity index (χ1) is 10.9. The largest absolute Gasteiger partial charge is 0.325 e. The number of Topliss-reactive ketones (excluding diaryl/α,β-unsaturated/α-hetero) is 1. The Bertz CT molecular complexity index is 749. The van der Waals surface area contributed by atoms with Crippen molar-refractivity contribution in [3.63, 3.8) is 0 Å². The number of anilines is 1. The molecule has 1 atom stereocenters. The first kappa shape index (κ1) is 17.1. The summed E-state index contributed by atoms with van der Waals surface area (Å²) in [7, 11) is 0. The molecule has 2 aromatic rings. The van der Waals surface area contributed by atoms with E-state index in [4.69, 9.17) is 0 Å². The standard InChI is InChI=1S/C17H15F2NO2S/c1-10(21)12-4-3-5-14(8-12)20-17(22)11(2)23-16-9-13(18)6-7-15(16)19/h3-9,11H,1-2H3,(H,20,22)/t11-/m0/s1. The second kappa shape index (κ2) is 7.37. The van der Waals surface area contributed by atoms with Crippen molar-refractivity contribution >= 4 is 29.1 Å². The molecule has 0 radical (unpaired) electrons. The highest BCUT2D eigenvalue weighted by molar-refractivity contribution is 8.00. The molecule has 0 aromatic heterocycles. The molecule has 0 aliphatic carbocycles. The van der Waals surface area contributed by atoms with E-state index in [1.54, 1.807) is 31.2 Å². The molecule has 1 amide bonds. The van der Waals surface area contributed by atoms with Crippen LogP contribution in [0.3, 0.4) is 0 Å². The van der Waals surface area contributed by atoms with E-state index >= 15 is 0 Å². The van der Waals surface area contributed by atoms with Crippen molar-refractivity contribution in [2.24, 2.45) is 0 Å². The van der Waals surface area contributed by atoms with Crippen LogP contribution in [0.15, 0.2) is 47.4 Å². The highest BCUT2D eigenvalue weighted by Gasteiger charge is 2.17. The summed E-state index contributed by atoms with van der Waals surface area (Å²) >= 11 is 0.928. The summed E-state index contributed by atoms with van der Waals surface area (Å²) in [4.78, 5) is 23.6. The normalized spacial score (nSPS) is 11.8. The number of nitrogens with one attached hydrogen (secondary N) is 1. The lowest BCUT2D eigenvalue weighted by atomic mass is 10.1. The summed E-state index contributed by atoms with van der Waals surface area (Å²) in [6.07, 6.45) is 0. The van der Waals surface area contributed by atoms with Crippen LogP contribution in [-0.4, -0.2) is 16.9 Å². The van der Waals surface area contributed by atoms with Crippen LogP contribution in [0.4, 0.5) is 14.5 Å². The van der Waals surface area contributed by atoms with Crippen molar-refractivity contribution < 1.29 is 18.4 Å². The predicted octanol–water partition coefficient (Wildman–Crippen LogP) is 4.29. The Morgan fingerprint density at radius 2 is 1.87 bits per heavy atom. The van der Waals surface area contributed by atoms with Crippen molar-refractivity contribution in [2.75, 3.05) is 5.32 Å². The van der Waals surface area contributed by atoms with E-state index in [9.17, 15) is 18.4 Å². The lowest BCUT2D eigenvalue weighted by molar-refractivity contribution is -0.115. The zero-order chi connectivity index (χ0) is 17.0. The predicted molar refractivity (Wildman–Crippen MR) is 86.8 cm³/mol. The third-order valence-corrected chi connectivity index (χ3v) is 4.24. The molecule has 0 saturated heterocycles. The zero-order valence-electron chi connectivity index (χ0n) is 12.6. The van der Waals surface area contributed by atoms with Gasteiger partial charge in [-0.3, -0.25) is 9.59 Å². The fourth-order valence-electron chi connectivity index (χ4n) is 1.87. The van der Waals surface area contributed by atoms with Crippen molar-refractivity contribution in [1.82, 2.24) is 0 Å². The van der Waals surface area contributed by atoms with Crippen molar-refractivity contribution in [1.29, 1.82) is 0 Å². The third kappa shape index (κ3) is 4.63. The van der Waals surface area contributed by atoms with Crippen LogP contribution in [-0.2, 0) is 4.79 Å². The number of hydrogen-bond donors (Lipinski definition) is 1. The van der Waals surface area contributed by atoms with Gasteiger partial charge in [0.05, 0.1) is 5.25 Å². The summed E-state index contributed by atoms with van der Waals surface area (Å²) in [5.41, 5.74) is 0.967. The molecule has 2 aromatic carbocycles. The molecule has 2 rings (SSSR count). The number of rotatable bonds is 5. The second-order valence-electron chi connectivity index (χ2n) is 4.96. The molecule has 6 heteroatoms. The summed E-state index contributed by atoms with van der Waals surface area (Å²) in [6.45, 7) is 3.03. The maximum atomic E-state index is 13.6. The van der Waals surface area contributed by atoms with Gasteiger partial charge in [-0.25, -0.2) is 8.78 Å². The van der Waals surface area contributed by atoms with Crippen LogP contribution >= 0.6 is 11.8 Å². The van der Waals surface area contributed by atoms with Gasteiger partial charge in [0.2, 0.25) is 5.91 Å². The molecule has 1 N–H and O–H groups in total. The minimum absolute atomic E-state index is 0.0742. The first-order valence-electron chi connectivity index (χ1n) is 6.90. The van der Waals surface area contributed by atoms with Gasteiger partial charge in [0, 0.05) is 16.1 Å². The number of amides is 1.